The lowest BCUT2D eigenvalue weighted by molar-refractivity contribution is 0.225. The van der Waals surface area contributed by atoms with Gasteiger partial charge in [0, 0.05) is 17.0 Å². The molecule has 2 aliphatic rings. The number of imidazole rings is 1. The van der Waals surface area contributed by atoms with Gasteiger partial charge in [-0.3, -0.25) is 0 Å². The van der Waals surface area contributed by atoms with Crippen LogP contribution in [0.15, 0.2) is 0 Å². The van der Waals surface area contributed by atoms with Crippen LogP contribution in [0.5, 0.6) is 0 Å². The Morgan fingerprint density at radius 3 is 2.69 bits per heavy atom. The van der Waals surface area contributed by atoms with Gasteiger partial charge in [0.25, 0.3) is 0 Å². The number of rotatable bonds is 1. The summed E-state index contributed by atoms with van der Waals surface area (Å²) in [6.07, 6.45) is 2.55. The number of hydrogen-bond acceptors (Lipinski definition) is 2. The SMILES string of the molecule is CC(N)c1nc2c([nH]1)C1CCC2(C)C1(C)C. The van der Waals surface area contributed by atoms with Gasteiger partial charge in [0.2, 0.25) is 0 Å². The molecular formula is C13H21N3. The molecule has 2 bridgehead atoms. The van der Waals surface area contributed by atoms with Crippen molar-refractivity contribution in [2.75, 3.05) is 0 Å². The topological polar surface area (TPSA) is 54.7 Å². The van der Waals surface area contributed by atoms with Crippen LogP contribution >= 0.6 is 0 Å². The smallest absolute Gasteiger partial charge is 0.123 e. The van der Waals surface area contributed by atoms with Crippen LogP contribution in [-0.4, -0.2) is 9.97 Å². The lowest BCUT2D eigenvalue weighted by Gasteiger charge is -2.34. The molecule has 1 heterocycles. The Morgan fingerprint density at radius 2 is 2.12 bits per heavy atom. The second-order valence-corrected chi connectivity index (χ2v) is 6.32. The standard InChI is InChI=1S/C13H21N3/c1-7(14)11-15-9-8-5-6-13(4,10(9)16-11)12(8,2)3/h7-8H,5-6,14H2,1-4H3,(H,15,16). The summed E-state index contributed by atoms with van der Waals surface area (Å²) in [5.74, 6) is 1.60. The summed E-state index contributed by atoms with van der Waals surface area (Å²) in [6.45, 7) is 9.12. The van der Waals surface area contributed by atoms with E-state index in [4.69, 9.17) is 10.7 Å². The van der Waals surface area contributed by atoms with Crippen molar-refractivity contribution in [1.29, 1.82) is 0 Å². The fourth-order valence-electron chi connectivity index (χ4n) is 3.72. The fourth-order valence-corrected chi connectivity index (χ4v) is 3.72. The molecule has 88 valence electrons. The zero-order chi connectivity index (χ0) is 11.7. The third kappa shape index (κ3) is 0.915. The van der Waals surface area contributed by atoms with E-state index in [0.717, 1.165) is 5.82 Å². The number of nitrogens with two attached hydrogens (primary N) is 1. The first-order valence-corrected chi connectivity index (χ1v) is 6.24. The first-order valence-electron chi connectivity index (χ1n) is 6.24. The van der Waals surface area contributed by atoms with Crippen molar-refractivity contribution in [3.63, 3.8) is 0 Å². The molecule has 2 aliphatic carbocycles. The Kier molecular flexibility index (Phi) is 1.74. The molecule has 3 unspecified atom stereocenters. The first-order chi connectivity index (χ1) is 7.38. The molecule has 1 saturated carbocycles. The van der Waals surface area contributed by atoms with Crippen molar-refractivity contribution in [2.45, 2.75) is 57.9 Å². The second-order valence-electron chi connectivity index (χ2n) is 6.32. The minimum Gasteiger partial charge on any atom is -0.344 e. The Morgan fingerprint density at radius 1 is 1.44 bits per heavy atom. The molecule has 0 radical (unpaired) electrons. The average Bonchev–Trinajstić information content (AvgIpc) is 2.74. The van der Waals surface area contributed by atoms with Crippen LogP contribution in [0.25, 0.3) is 0 Å². The molecule has 0 aromatic carbocycles. The zero-order valence-corrected chi connectivity index (χ0v) is 10.6. The number of nitrogens with zero attached hydrogens (tertiary/aromatic N) is 1. The van der Waals surface area contributed by atoms with E-state index in [1.165, 1.54) is 24.2 Å². The van der Waals surface area contributed by atoms with Crippen molar-refractivity contribution in [3.05, 3.63) is 17.2 Å². The zero-order valence-electron chi connectivity index (χ0n) is 10.6. The lowest BCUT2D eigenvalue weighted by Crippen LogP contribution is -2.32. The quantitative estimate of drug-likeness (QED) is 0.762. The number of nitrogens with one attached hydrogen (secondary N) is 1. The predicted octanol–water partition coefficient (Wildman–Crippen LogP) is 2.60. The Labute approximate surface area is 96.8 Å². The Balaban J connectivity index is 2.17. The van der Waals surface area contributed by atoms with Gasteiger partial charge in [-0.15, -0.1) is 0 Å². The molecule has 1 aromatic heterocycles. The van der Waals surface area contributed by atoms with Crippen LogP contribution in [0.1, 0.15) is 69.7 Å². The summed E-state index contributed by atoms with van der Waals surface area (Å²) >= 11 is 0. The molecular weight excluding hydrogens is 198 g/mol. The van der Waals surface area contributed by atoms with E-state index >= 15 is 0 Å². The predicted molar refractivity (Wildman–Crippen MR) is 64.3 cm³/mol. The van der Waals surface area contributed by atoms with Gasteiger partial charge >= 0.3 is 0 Å². The summed E-state index contributed by atoms with van der Waals surface area (Å²) in [7, 11) is 0. The minimum absolute atomic E-state index is 0.0108. The van der Waals surface area contributed by atoms with Gasteiger partial charge in [0.05, 0.1) is 11.7 Å². The molecule has 1 fully saturated rings. The number of aromatic amines is 1. The third-order valence-corrected chi connectivity index (χ3v) is 5.28. The number of H-pyrrole nitrogens is 1. The number of hydrogen-bond donors (Lipinski definition) is 2. The van der Waals surface area contributed by atoms with E-state index in [1.54, 1.807) is 0 Å². The van der Waals surface area contributed by atoms with Gasteiger partial charge in [-0.1, -0.05) is 20.8 Å². The summed E-state index contributed by atoms with van der Waals surface area (Å²) in [4.78, 5) is 8.23. The summed E-state index contributed by atoms with van der Waals surface area (Å²) in [5.41, 5.74) is 9.15. The van der Waals surface area contributed by atoms with E-state index in [2.05, 4.69) is 25.8 Å². The second kappa shape index (κ2) is 2.70. The monoisotopic (exact) mass is 219 g/mol. The van der Waals surface area contributed by atoms with Crippen molar-refractivity contribution in [1.82, 2.24) is 9.97 Å². The largest absolute Gasteiger partial charge is 0.344 e. The number of aromatic nitrogens is 2. The Hall–Kier alpha value is -0.830. The van der Waals surface area contributed by atoms with E-state index in [0.29, 0.717) is 11.3 Å². The summed E-state index contributed by atoms with van der Waals surface area (Å²) in [5, 5.41) is 0. The van der Waals surface area contributed by atoms with Crippen molar-refractivity contribution < 1.29 is 0 Å². The third-order valence-electron chi connectivity index (χ3n) is 5.28. The average molecular weight is 219 g/mol. The van der Waals surface area contributed by atoms with Gasteiger partial charge in [-0.05, 0) is 25.2 Å². The highest BCUT2D eigenvalue weighted by molar-refractivity contribution is 5.42. The lowest BCUT2D eigenvalue weighted by atomic mass is 9.70. The highest BCUT2D eigenvalue weighted by Crippen LogP contribution is 2.66. The molecule has 3 rings (SSSR count). The maximum Gasteiger partial charge on any atom is 0.123 e. The fraction of sp³-hybridized carbons (Fsp3) is 0.769. The van der Waals surface area contributed by atoms with E-state index in [1.807, 2.05) is 6.92 Å². The van der Waals surface area contributed by atoms with Crippen LogP contribution in [-0.2, 0) is 5.41 Å². The summed E-state index contributed by atoms with van der Waals surface area (Å²) in [6, 6.07) is 0.0108. The molecule has 3 heteroatoms. The van der Waals surface area contributed by atoms with Crippen LogP contribution in [0.2, 0.25) is 0 Å². The van der Waals surface area contributed by atoms with Crippen molar-refractivity contribution in [3.8, 4) is 0 Å². The van der Waals surface area contributed by atoms with Crippen LogP contribution in [0.4, 0.5) is 0 Å². The molecule has 16 heavy (non-hydrogen) atoms. The molecule has 3 N–H and O–H groups in total. The number of fused-ring (bicyclic) bond motifs is 5. The molecule has 3 nitrogen and oxygen atoms in total. The molecule has 0 spiro atoms. The molecule has 3 atom stereocenters. The van der Waals surface area contributed by atoms with Gasteiger partial charge in [0.15, 0.2) is 0 Å². The van der Waals surface area contributed by atoms with E-state index < -0.39 is 0 Å². The molecule has 0 aliphatic heterocycles. The molecule has 0 amide bonds. The van der Waals surface area contributed by atoms with E-state index in [9.17, 15) is 0 Å². The minimum atomic E-state index is 0.0108. The van der Waals surface area contributed by atoms with Gasteiger partial charge in [-0.2, -0.15) is 0 Å². The van der Waals surface area contributed by atoms with Gasteiger partial charge < -0.3 is 10.7 Å². The van der Waals surface area contributed by atoms with Crippen LogP contribution in [0, 0.1) is 5.41 Å². The maximum atomic E-state index is 5.90. The van der Waals surface area contributed by atoms with E-state index in [-0.39, 0.29) is 11.5 Å². The first kappa shape index (κ1) is 10.3. The van der Waals surface area contributed by atoms with Crippen LogP contribution < -0.4 is 5.73 Å². The highest BCUT2D eigenvalue weighted by Gasteiger charge is 2.61. The highest BCUT2D eigenvalue weighted by atomic mass is 15.0. The van der Waals surface area contributed by atoms with Gasteiger partial charge in [0.1, 0.15) is 5.82 Å². The normalized spacial score (nSPS) is 36.4. The molecule has 0 saturated heterocycles. The Bertz CT molecular complexity index is 444. The van der Waals surface area contributed by atoms with Crippen LogP contribution in [0.3, 0.4) is 0 Å². The van der Waals surface area contributed by atoms with Crippen molar-refractivity contribution >= 4 is 0 Å². The molecule has 1 aromatic rings. The summed E-state index contributed by atoms with van der Waals surface area (Å²) < 4.78 is 0. The van der Waals surface area contributed by atoms with Gasteiger partial charge in [-0.25, -0.2) is 4.98 Å². The maximum absolute atomic E-state index is 5.90. The van der Waals surface area contributed by atoms with Crippen molar-refractivity contribution in [2.24, 2.45) is 11.1 Å².